The van der Waals surface area contributed by atoms with Crippen LogP contribution in [0.4, 0.5) is 0 Å². The normalized spacial score (nSPS) is 16.1. The van der Waals surface area contributed by atoms with Gasteiger partial charge in [-0.15, -0.1) is 0 Å². The van der Waals surface area contributed by atoms with Gasteiger partial charge in [-0.1, -0.05) is 29.3 Å². The predicted octanol–water partition coefficient (Wildman–Crippen LogP) is 2.60. The Morgan fingerprint density at radius 1 is 1.23 bits per heavy atom. The zero-order valence-electron chi connectivity index (χ0n) is 14.8. The van der Waals surface area contributed by atoms with Crippen molar-refractivity contribution in [3.05, 3.63) is 33.8 Å². The van der Waals surface area contributed by atoms with Gasteiger partial charge in [-0.3, -0.25) is 9.59 Å². The highest BCUT2D eigenvalue weighted by Gasteiger charge is 2.44. The number of piperidine rings is 1. The van der Waals surface area contributed by atoms with E-state index in [1.807, 2.05) is 0 Å². The topological polar surface area (TPSA) is 75.7 Å². The van der Waals surface area contributed by atoms with Crippen LogP contribution in [0, 0.1) is 0 Å². The predicted molar refractivity (Wildman–Crippen MR) is 99.2 cm³/mol. The highest BCUT2D eigenvalue weighted by Crippen LogP contribution is 2.26. The summed E-state index contributed by atoms with van der Waals surface area (Å²) in [5.74, 6) is -0.862. The van der Waals surface area contributed by atoms with Crippen molar-refractivity contribution in [1.82, 2.24) is 10.2 Å². The van der Waals surface area contributed by atoms with E-state index in [9.17, 15) is 14.4 Å². The van der Waals surface area contributed by atoms with Gasteiger partial charge < -0.3 is 15.0 Å². The summed E-state index contributed by atoms with van der Waals surface area (Å²) in [7, 11) is 0. The molecule has 1 heterocycles. The van der Waals surface area contributed by atoms with Gasteiger partial charge in [0.15, 0.2) is 0 Å². The van der Waals surface area contributed by atoms with E-state index in [1.165, 1.54) is 6.92 Å². The summed E-state index contributed by atoms with van der Waals surface area (Å²) in [5, 5.41) is 3.70. The number of likely N-dealkylation sites (tertiary alicyclic amines) is 1. The Morgan fingerprint density at radius 3 is 2.42 bits per heavy atom. The van der Waals surface area contributed by atoms with E-state index < -0.39 is 11.5 Å². The molecule has 26 heavy (non-hydrogen) atoms. The zero-order chi connectivity index (χ0) is 19.3. The average Bonchev–Trinajstić information content (AvgIpc) is 2.58. The number of rotatable bonds is 5. The lowest BCUT2D eigenvalue weighted by molar-refractivity contribution is -0.157. The van der Waals surface area contributed by atoms with Crippen LogP contribution in [0.25, 0.3) is 0 Å². The number of hydrogen-bond donors (Lipinski definition) is 1. The van der Waals surface area contributed by atoms with Crippen molar-refractivity contribution >= 4 is 41.0 Å². The Kier molecular flexibility index (Phi) is 6.89. The molecule has 0 atom stereocenters. The monoisotopic (exact) mass is 400 g/mol. The van der Waals surface area contributed by atoms with Gasteiger partial charge in [0.1, 0.15) is 5.54 Å². The summed E-state index contributed by atoms with van der Waals surface area (Å²) in [6.45, 7) is 4.19. The number of nitrogens with zero attached hydrogens (tertiary/aromatic N) is 1. The van der Waals surface area contributed by atoms with E-state index in [-0.39, 0.29) is 24.8 Å². The molecule has 0 spiro atoms. The van der Waals surface area contributed by atoms with Crippen LogP contribution < -0.4 is 5.32 Å². The molecule has 0 radical (unpaired) electrons. The van der Waals surface area contributed by atoms with Crippen LogP contribution in [0.15, 0.2) is 18.2 Å². The Bertz CT molecular complexity index is 700. The van der Waals surface area contributed by atoms with Crippen molar-refractivity contribution in [2.24, 2.45) is 0 Å². The van der Waals surface area contributed by atoms with Crippen molar-refractivity contribution in [2.75, 3.05) is 19.7 Å². The fourth-order valence-corrected chi connectivity index (χ4v) is 3.48. The summed E-state index contributed by atoms with van der Waals surface area (Å²) in [5.41, 5.74) is -0.508. The van der Waals surface area contributed by atoms with Gasteiger partial charge in [-0.2, -0.15) is 0 Å². The van der Waals surface area contributed by atoms with E-state index in [0.29, 0.717) is 41.5 Å². The second-order valence-electron chi connectivity index (χ2n) is 6.27. The maximum Gasteiger partial charge on any atom is 0.331 e. The minimum absolute atomic E-state index is 0.0214. The molecule has 1 fully saturated rings. The maximum absolute atomic E-state index is 12.6. The molecule has 1 saturated heterocycles. The number of ether oxygens (including phenoxy) is 1. The first-order chi connectivity index (χ1) is 12.3. The van der Waals surface area contributed by atoms with Crippen molar-refractivity contribution in [2.45, 2.75) is 38.6 Å². The van der Waals surface area contributed by atoms with Gasteiger partial charge in [0.05, 0.1) is 13.0 Å². The van der Waals surface area contributed by atoms with Crippen molar-refractivity contribution in [3.8, 4) is 0 Å². The minimum atomic E-state index is -1.13. The fraction of sp³-hybridized carbons (Fsp3) is 0.500. The smallest absolute Gasteiger partial charge is 0.331 e. The third kappa shape index (κ3) is 4.89. The molecule has 1 aliphatic heterocycles. The van der Waals surface area contributed by atoms with Gasteiger partial charge in [0.25, 0.3) is 0 Å². The summed E-state index contributed by atoms with van der Waals surface area (Å²) < 4.78 is 5.17. The molecule has 0 aliphatic carbocycles. The molecule has 8 heteroatoms. The molecule has 0 saturated carbocycles. The first-order valence-corrected chi connectivity index (χ1v) is 9.20. The van der Waals surface area contributed by atoms with Crippen LogP contribution in [0.3, 0.4) is 0 Å². The standard InChI is InChI=1S/C18H22Cl2N2O4/c1-3-26-17(25)18(6-8-22(9-7-18)12(2)23)21-16(24)10-13-4-5-14(19)11-15(13)20/h4-5,11H,3,6-10H2,1-2H3,(H,21,24). The third-order valence-electron chi connectivity index (χ3n) is 4.47. The van der Waals surface area contributed by atoms with E-state index in [0.717, 1.165) is 0 Å². The van der Waals surface area contributed by atoms with Gasteiger partial charge in [-0.25, -0.2) is 4.79 Å². The SMILES string of the molecule is CCOC(=O)C1(NC(=O)Cc2ccc(Cl)cc2Cl)CCN(C(C)=O)CC1. The van der Waals surface area contributed by atoms with E-state index >= 15 is 0 Å². The van der Waals surface area contributed by atoms with E-state index in [2.05, 4.69) is 5.32 Å². The minimum Gasteiger partial charge on any atom is -0.464 e. The summed E-state index contributed by atoms with van der Waals surface area (Å²) in [6, 6.07) is 4.90. The lowest BCUT2D eigenvalue weighted by Crippen LogP contribution is -2.61. The first-order valence-electron chi connectivity index (χ1n) is 8.45. The van der Waals surface area contributed by atoms with Gasteiger partial charge in [-0.05, 0) is 37.5 Å². The molecule has 1 N–H and O–H groups in total. The second-order valence-corrected chi connectivity index (χ2v) is 7.11. The number of hydrogen-bond acceptors (Lipinski definition) is 4. The number of nitrogens with one attached hydrogen (secondary N) is 1. The molecule has 0 bridgehead atoms. The molecule has 2 amide bonds. The fourth-order valence-electron chi connectivity index (χ4n) is 3.00. The molecule has 6 nitrogen and oxygen atoms in total. The molecule has 0 aromatic heterocycles. The Labute approximate surface area is 162 Å². The van der Waals surface area contributed by atoms with Gasteiger partial charge in [0.2, 0.25) is 11.8 Å². The molecular weight excluding hydrogens is 379 g/mol. The number of amides is 2. The Morgan fingerprint density at radius 2 is 1.88 bits per heavy atom. The number of carbonyl (C=O) groups excluding carboxylic acids is 3. The zero-order valence-corrected chi connectivity index (χ0v) is 16.3. The number of esters is 1. The van der Waals surface area contributed by atoms with Crippen LogP contribution in [-0.4, -0.2) is 47.9 Å². The van der Waals surface area contributed by atoms with Crippen LogP contribution in [-0.2, 0) is 25.5 Å². The molecule has 0 unspecified atom stereocenters. The molecule has 1 aromatic carbocycles. The lowest BCUT2D eigenvalue weighted by atomic mass is 9.87. The Balaban J connectivity index is 2.12. The van der Waals surface area contributed by atoms with Crippen molar-refractivity contribution in [3.63, 3.8) is 0 Å². The van der Waals surface area contributed by atoms with Crippen molar-refractivity contribution < 1.29 is 19.1 Å². The highest BCUT2D eigenvalue weighted by molar-refractivity contribution is 6.35. The summed E-state index contributed by atoms with van der Waals surface area (Å²) in [6.07, 6.45) is 0.643. The quantitative estimate of drug-likeness (QED) is 0.770. The summed E-state index contributed by atoms with van der Waals surface area (Å²) >= 11 is 12.0. The average molecular weight is 401 g/mol. The number of benzene rings is 1. The van der Waals surface area contributed by atoms with Crippen molar-refractivity contribution in [1.29, 1.82) is 0 Å². The largest absolute Gasteiger partial charge is 0.464 e. The summed E-state index contributed by atoms with van der Waals surface area (Å²) in [4.78, 5) is 38.3. The van der Waals surface area contributed by atoms with Crippen LogP contribution in [0.2, 0.25) is 10.0 Å². The van der Waals surface area contributed by atoms with Crippen LogP contribution >= 0.6 is 23.2 Å². The Hall–Kier alpha value is -1.79. The van der Waals surface area contributed by atoms with Gasteiger partial charge in [0, 0.05) is 30.1 Å². The van der Waals surface area contributed by atoms with Crippen LogP contribution in [0.5, 0.6) is 0 Å². The second kappa shape index (κ2) is 8.73. The lowest BCUT2D eigenvalue weighted by Gasteiger charge is -2.40. The maximum atomic E-state index is 12.6. The van der Waals surface area contributed by atoms with Crippen LogP contribution in [0.1, 0.15) is 32.3 Å². The molecule has 2 rings (SSSR count). The molecular formula is C18H22Cl2N2O4. The molecule has 1 aliphatic rings. The van der Waals surface area contributed by atoms with Gasteiger partial charge >= 0.3 is 5.97 Å². The highest BCUT2D eigenvalue weighted by atomic mass is 35.5. The first kappa shape index (κ1) is 20.5. The molecule has 142 valence electrons. The number of halogens is 2. The number of carbonyl (C=O) groups is 3. The van der Waals surface area contributed by atoms with E-state index in [1.54, 1.807) is 30.0 Å². The third-order valence-corrected chi connectivity index (χ3v) is 5.06. The van der Waals surface area contributed by atoms with E-state index in [4.69, 9.17) is 27.9 Å². The molecule has 1 aromatic rings.